The van der Waals surface area contributed by atoms with Crippen molar-refractivity contribution in [3.8, 4) is 0 Å². The summed E-state index contributed by atoms with van der Waals surface area (Å²) in [6, 6.07) is 0.664. The molecule has 2 aliphatic rings. The molecule has 1 aliphatic heterocycles. The minimum absolute atomic E-state index is 0.664. The molecule has 5 heteroatoms. The number of nitrogens with zero attached hydrogens (tertiary/aromatic N) is 1. The topological polar surface area (TPSA) is 41.5 Å². The maximum Gasteiger partial charge on any atom is 0.156 e. The molecular formula is C10H18N2OS2. The predicted octanol–water partition coefficient (Wildman–Crippen LogP) is 1.23. The van der Waals surface area contributed by atoms with Crippen molar-refractivity contribution in [2.75, 3.05) is 24.3 Å². The molecule has 1 aliphatic carbocycles. The molecule has 0 bridgehead atoms. The van der Waals surface area contributed by atoms with Crippen molar-refractivity contribution in [3.63, 3.8) is 0 Å². The van der Waals surface area contributed by atoms with Gasteiger partial charge in [0.05, 0.1) is 6.54 Å². The number of thioether (sulfide) groups is 1. The fraction of sp³-hybridized carbons (Fsp3) is 0.900. The Morgan fingerprint density at radius 3 is 3.27 bits per heavy atom. The molecule has 1 saturated heterocycles. The van der Waals surface area contributed by atoms with Crippen LogP contribution >= 0.6 is 11.8 Å². The van der Waals surface area contributed by atoms with Crippen LogP contribution in [0.1, 0.15) is 19.3 Å². The molecule has 0 aromatic rings. The average molecular weight is 246 g/mol. The molecule has 86 valence electrons. The third-order valence-electron chi connectivity index (χ3n) is 3.04. The number of amidine groups is 1. The van der Waals surface area contributed by atoms with Crippen LogP contribution < -0.4 is 5.32 Å². The van der Waals surface area contributed by atoms with Crippen molar-refractivity contribution in [2.45, 2.75) is 25.3 Å². The molecule has 0 aromatic heterocycles. The molecule has 15 heavy (non-hydrogen) atoms. The summed E-state index contributed by atoms with van der Waals surface area (Å²) in [6.45, 7) is 0.690. The Kier molecular flexibility index (Phi) is 4.08. The fourth-order valence-corrected chi connectivity index (χ4v) is 3.72. The van der Waals surface area contributed by atoms with Crippen LogP contribution in [0, 0.1) is 5.92 Å². The zero-order valence-electron chi connectivity index (χ0n) is 9.07. The summed E-state index contributed by atoms with van der Waals surface area (Å²) in [6.07, 6.45) is 5.75. The lowest BCUT2D eigenvalue weighted by molar-refractivity contribution is 0.490. The molecule has 2 fully saturated rings. The largest absolute Gasteiger partial charge is 0.362 e. The van der Waals surface area contributed by atoms with Crippen LogP contribution in [0.3, 0.4) is 0 Å². The van der Waals surface area contributed by atoms with Gasteiger partial charge >= 0.3 is 0 Å². The molecule has 3 nitrogen and oxygen atoms in total. The van der Waals surface area contributed by atoms with Gasteiger partial charge in [0.1, 0.15) is 0 Å². The van der Waals surface area contributed by atoms with Crippen LogP contribution in [-0.2, 0) is 10.8 Å². The van der Waals surface area contributed by atoms with Crippen molar-refractivity contribution in [1.82, 2.24) is 5.32 Å². The van der Waals surface area contributed by atoms with E-state index in [1.165, 1.54) is 25.0 Å². The summed E-state index contributed by atoms with van der Waals surface area (Å²) in [7, 11) is -0.719. The second-order valence-corrected chi connectivity index (χ2v) is 6.78. The highest BCUT2D eigenvalue weighted by molar-refractivity contribution is 8.13. The molecule has 1 N–H and O–H groups in total. The smallest absolute Gasteiger partial charge is 0.156 e. The highest BCUT2D eigenvalue weighted by atomic mass is 32.2. The van der Waals surface area contributed by atoms with Gasteiger partial charge < -0.3 is 5.32 Å². The minimum Gasteiger partial charge on any atom is -0.362 e. The van der Waals surface area contributed by atoms with Crippen LogP contribution in [0.25, 0.3) is 0 Å². The van der Waals surface area contributed by atoms with Crippen LogP contribution in [-0.4, -0.2) is 39.7 Å². The fourth-order valence-electron chi connectivity index (χ4n) is 2.18. The van der Waals surface area contributed by atoms with Gasteiger partial charge in [-0.15, -0.1) is 0 Å². The third kappa shape index (κ3) is 3.21. The molecule has 1 heterocycles. The van der Waals surface area contributed by atoms with Crippen LogP contribution in [0.2, 0.25) is 0 Å². The van der Waals surface area contributed by atoms with Gasteiger partial charge in [0, 0.05) is 34.6 Å². The van der Waals surface area contributed by atoms with Gasteiger partial charge in [-0.2, -0.15) is 0 Å². The van der Waals surface area contributed by atoms with Crippen LogP contribution in [0.4, 0.5) is 0 Å². The summed E-state index contributed by atoms with van der Waals surface area (Å²) in [5, 5.41) is 4.58. The molecular weight excluding hydrogens is 228 g/mol. The van der Waals surface area contributed by atoms with Gasteiger partial charge in [-0.1, -0.05) is 18.2 Å². The lowest BCUT2D eigenvalue weighted by Crippen LogP contribution is -2.41. The van der Waals surface area contributed by atoms with Crippen LogP contribution in [0.5, 0.6) is 0 Å². The first-order valence-corrected chi connectivity index (χ1v) is 8.21. The predicted molar refractivity (Wildman–Crippen MR) is 68.0 cm³/mol. The van der Waals surface area contributed by atoms with E-state index in [4.69, 9.17) is 0 Å². The highest BCUT2D eigenvalue weighted by Crippen LogP contribution is 2.32. The van der Waals surface area contributed by atoms with Crippen molar-refractivity contribution in [1.29, 1.82) is 0 Å². The first-order valence-electron chi connectivity index (χ1n) is 5.49. The van der Waals surface area contributed by atoms with Crippen molar-refractivity contribution >= 4 is 27.7 Å². The van der Waals surface area contributed by atoms with Crippen molar-refractivity contribution in [3.05, 3.63) is 0 Å². The van der Waals surface area contributed by atoms with Gasteiger partial charge in [-0.05, 0) is 18.8 Å². The van der Waals surface area contributed by atoms with E-state index in [-0.39, 0.29) is 0 Å². The number of hydrogen-bond acceptors (Lipinski definition) is 3. The van der Waals surface area contributed by atoms with Crippen molar-refractivity contribution < 1.29 is 4.21 Å². The van der Waals surface area contributed by atoms with E-state index in [9.17, 15) is 4.21 Å². The monoisotopic (exact) mass is 246 g/mol. The van der Waals surface area contributed by atoms with Gasteiger partial charge in [0.15, 0.2) is 5.17 Å². The Labute approximate surface area is 98.0 Å². The minimum atomic E-state index is -0.719. The normalized spacial score (nSPS) is 34.9. The zero-order chi connectivity index (χ0) is 10.7. The maximum absolute atomic E-state index is 10.9. The van der Waals surface area contributed by atoms with E-state index in [0.29, 0.717) is 18.3 Å². The first kappa shape index (κ1) is 11.5. The number of hydrogen-bond donors (Lipinski definition) is 1. The Bertz CT molecular complexity index is 281. The standard InChI is InChI=1S/C10H18N2OS2/c1-15(13)6-5-11-10-12-9-4-2-3-8(9)7-14-10/h8-9H,2-7H2,1H3,(H,11,12). The number of rotatable bonds is 3. The summed E-state index contributed by atoms with van der Waals surface area (Å²) in [5.74, 6) is 2.75. The molecule has 1 saturated carbocycles. The summed E-state index contributed by atoms with van der Waals surface area (Å²) < 4.78 is 10.9. The lowest BCUT2D eigenvalue weighted by Gasteiger charge is -2.27. The molecule has 0 radical (unpaired) electrons. The van der Waals surface area contributed by atoms with Gasteiger partial charge in [0.2, 0.25) is 0 Å². The van der Waals surface area contributed by atoms with E-state index in [0.717, 1.165) is 11.1 Å². The second kappa shape index (κ2) is 5.34. The molecule has 3 atom stereocenters. The van der Waals surface area contributed by atoms with E-state index in [1.54, 1.807) is 6.26 Å². The summed E-state index contributed by atoms with van der Waals surface area (Å²) >= 11 is 1.83. The Hall–Kier alpha value is -0.0300. The van der Waals surface area contributed by atoms with E-state index in [2.05, 4.69) is 10.3 Å². The quantitative estimate of drug-likeness (QED) is 0.814. The number of fused-ring (bicyclic) bond motifs is 1. The highest BCUT2D eigenvalue weighted by Gasteiger charge is 2.31. The Morgan fingerprint density at radius 1 is 1.60 bits per heavy atom. The number of nitrogens with one attached hydrogen (secondary N) is 1. The molecule has 0 spiro atoms. The summed E-state index contributed by atoms with van der Waals surface area (Å²) in [4.78, 5) is 4.46. The third-order valence-corrected chi connectivity index (χ3v) is 4.91. The Balaban J connectivity index is 1.81. The molecule has 0 amide bonds. The van der Waals surface area contributed by atoms with E-state index >= 15 is 0 Å². The van der Waals surface area contributed by atoms with Gasteiger partial charge in [0.25, 0.3) is 0 Å². The van der Waals surface area contributed by atoms with Gasteiger partial charge in [-0.3, -0.25) is 9.20 Å². The first-order chi connectivity index (χ1) is 7.25. The Morgan fingerprint density at radius 2 is 2.47 bits per heavy atom. The average Bonchev–Trinajstić information content (AvgIpc) is 2.64. The van der Waals surface area contributed by atoms with E-state index < -0.39 is 10.8 Å². The molecule has 2 rings (SSSR count). The number of aliphatic imine (C=N–C) groups is 1. The van der Waals surface area contributed by atoms with E-state index in [1.807, 2.05) is 11.8 Å². The lowest BCUT2D eigenvalue weighted by atomic mass is 10.1. The van der Waals surface area contributed by atoms with Gasteiger partial charge in [-0.25, -0.2) is 0 Å². The SMILES string of the molecule is CS(=O)CCN=C1NC2CCCC2CS1. The zero-order valence-corrected chi connectivity index (χ0v) is 10.7. The molecule has 3 unspecified atom stereocenters. The second-order valence-electron chi connectivity index (χ2n) is 4.22. The maximum atomic E-state index is 10.9. The molecule has 0 aromatic carbocycles. The van der Waals surface area contributed by atoms with Crippen molar-refractivity contribution in [2.24, 2.45) is 10.9 Å². The summed E-state index contributed by atoms with van der Waals surface area (Å²) in [5.41, 5.74) is 0. The van der Waals surface area contributed by atoms with Crippen LogP contribution in [0.15, 0.2) is 4.99 Å².